The molecule has 1 aliphatic heterocycles. The summed E-state index contributed by atoms with van der Waals surface area (Å²) >= 11 is 0. The van der Waals surface area contributed by atoms with E-state index in [2.05, 4.69) is 79.5 Å². The van der Waals surface area contributed by atoms with Gasteiger partial charge < -0.3 is 4.90 Å². The lowest BCUT2D eigenvalue weighted by atomic mass is 9.73. The fourth-order valence-corrected chi connectivity index (χ4v) is 3.41. The van der Waals surface area contributed by atoms with Gasteiger partial charge in [0.25, 0.3) is 0 Å². The van der Waals surface area contributed by atoms with Crippen LogP contribution in [0.15, 0.2) is 60.7 Å². The number of benzene rings is 2. The van der Waals surface area contributed by atoms with Crippen molar-refractivity contribution in [2.75, 3.05) is 13.6 Å². The molecule has 0 radical (unpaired) electrons. The molecule has 1 fully saturated rings. The lowest BCUT2D eigenvalue weighted by Gasteiger charge is -2.30. The Bertz CT molecular complexity index is 688. The minimum absolute atomic E-state index is 0.149. The molecule has 1 saturated heterocycles. The molecule has 130 valence electrons. The molecule has 0 saturated carbocycles. The fraction of sp³-hybridized carbons (Fsp3) is 0.333. The summed E-state index contributed by atoms with van der Waals surface area (Å²) in [4.78, 5) is 2.47. The second kappa shape index (κ2) is 7.44. The number of likely N-dealkylation sites (tertiary alicyclic amines) is 1. The van der Waals surface area contributed by atoms with Crippen molar-refractivity contribution in [1.82, 2.24) is 4.90 Å². The molecule has 5 nitrogen and oxygen atoms in total. The van der Waals surface area contributed by atoms with Crippen molar-refractivity contribution in [3.05, 3.63) is 71.8 Å². The molecule has 1 atom stereocenters. The van der Waals surface area contributed by atoms with Crippen LogP contribution in [-0.2, 0) is 15.8 Å². The minimum atomic E-state index is -4.67. The van der Waals surface area contributed by atoms with E-state index < -0.39 is 10.4 Å². The number of rotatable bonds is 2. The number of hydrogen-bond acceptors (Lipinski definition) is 3. The van der Waals surface area contributed by atoms with Gasteiger partial charge in [0.15, 0.2) is 0 Å². The molecule has 2 aromatic rings. The van der Waals surface area contributed by atoms with Crippen LogP contribution in [0.2, 0.25) is 0 Å². The first-order chi connectivity index (χ1) is 11.2. The van der Waals surface area contributed by atoms with Crippen LogP contribution in [0.25, 0.3) is 0 Å². The van der Waals surface area contributed by atoms with E-state index in [4.69, 9.17) is 17.5 Å². The molecule has 1 aliphatic rings. The lowest BCUT2D eigenvalue weighted by molar-refractivity contribution is 0.324. The Morgan fingerprint density at radius 3 is 1.62 bits per heavy atom. The zero-order chi connectivity index (χ0) is 17.8. The Hall–Kier alpha value is -1.73. The van der Waals surface area contributed by atoms with E-state index in [-0.39, 0.29) is 5.41 Å². The summed E-state index contributed by atoms with van der Waals surface area (Å²) in [6.07, 6.45) is 1.19. The minimum Gasteiger partial charge on any atom is -0.302 e. The van der Waals surface area contributed by atoms with Crippen LogP contribution in [0.1, 0.15) is 24.5 Å². The normalized spacial score (nSPS) is 20.2. The highest BCUT2D eigenvalue weighted by molar-refractivity contribution is 7.79. The molecule has 0 bridgehead atoms. The number of likely N-dealkylation sites (N-methyl/N-ethyl adjacent to an activating group) is 1. The average molecular weight is 349 g/mol. The van der Waals surface area contributed by atoms with E-state index >= 15 is 0 Å². The van der Waals surface area contributed by atoms with Crippen LogP contribution in [-0.4, -0.2) is 42.1 Å². The van der Waals surface area contributed by atoms with Gasteiger partial charge in [-0.1, -0.05) is 60.7 Å². The Balaban J connectivity index is 0.000000368. The van der Waals surface area contributed by atoms with E-state index in [1.807, 2.05) is 0 Å². The highest BCUT2D eigenvalue weighted by atomic mass is 32.3. The first kappa shape index (κ1) is 18.6. The fourth-order valence-electron chi connectivity index (χ4n) is 3.41. The zero-order valence-electron chi connectivity index (χ0n) is 13.8. The van der Waals surface area contributed by atoms with Gasteiger partial charge in [0.2, 0.25) is 0 Å². The maximum absolute atomic E-state index is 8.74. The maximum atomic E-state index is 8.74. The van der Waals surface area contributed by atoms with E-state index in [9.17, 15) is 0 Å². The third kappa shape index (κ3) is 4.64. The topological polar surface area (TPSA) is 77.8 Å². The first-order valence-corrected chi connectivity index (χ1v) is 9.13. The monoisotopic (exact) mass is 349 g/mol. The first-order valence-electron chi connectivity index (χ1n) is 7.73. The van der Waals surface area contributed by atoms with Crippen molar-refractivity contribution in [2.45, 2.75) is 24.8 Å². The Morgan fingerprint density at radius 1 is 0.958 bits per heavy atom. The van der Waals surface area contributed by atoms with Crippen molar-refractivity contribution >= 4 is 10.4 Å². The molecule has 2 aromatic carbocycles. The van der Waals surface area contributed by atoms with Crippen molar-refractivity contribution < 1.29 is 17.5 Å². The summed E-state index contributed by atoms with van der Waals surface area (Å²) in [5, 5.41) is 0. The summed E-state index contributed by atoms with van der Waals surface area (Å²) in [5.41, 5.74) is 3.03. The quantitative estimate of drug-likeness (QED) is 0.815. The summed E-state index contributed by atoms with van der Waals surface area (Å²) in [5.74, 6) is 0. The summed E-state index contributed by atoms with van der Waals surface area (Å²) < 4.78 is 31.6. The van der Waals surface area contributed by atoms with Gasteiger partial charge in [-0.3, -0.25) is 9.11 Å². The molecule has 0 amide bonds. The molecule has 1 heterocycles. The second-order valence-electron chi connectivity index (χ2n) is 6.23. The lowest BCUT2D eigenvalue weighted by Crippen LogP contribution is -2.31. The van der Waals surface area contributed by atoms with Crippen molar-refractivity contribution in [2.24, 2.45) is 0 Å². The average Bonchev–Trinajstić information content (AvgIpc) is 2.84. The van der Waals surface area contributed by atoms with Crippen LogP contribution < -0.4 is 0 Å². The standard InChI is InChI=1S/C18H21N.H2O4S/c1-15-13-18(14-19(15)2,16-9-5-3-6-10-16)17-11-7-4-8-12-17;1-5(2,3)4/h3-12,15H,13-14H2,1-2H3;(H2,1,2,3,4). The van der Waals surface area contributed by atoms with Gasteiger partial charge in [-0.2, -0.15) is 8.42 Å². The van der Waals surface area contributed by atoms with Gasteiger partial charge in [-0.25, -0.2) is 0 Å². The van der Waals surface area contributed by atoms with E-state index in [1.165, 1.54) is 17.5 Å². The van der Waals surface area contributed by atoms with Gasteiger partial charge >= 0.3 is 10.4 Å². The molecular weight excluding hydrogens is 326 g/mol. The molecular formula is C18H23NO4S. The number of nitrogens with zero attached hydrogens (tertiary/aromatic N) is 1. The molecule has 2 N–H and O–H groups in total. The van der Waals surface area contributed by atoms with Gasteiger partial charge in [0, 0.05) is 18.0 Å². The van der Waals surface area contributed by atoms with Gasteiger partial charge in [0.1, 0.15) is 0 Å². The third-order valence-electron chi connectivity index (χ3n) is 4.57. The SMILES string of the molecule is CC1CC(c2ccccc2)(c2ccccc2)CN1C.O=S(=O)(O)O. The third-order valence-corrected chi connectivity index (χ3v) is 4.57. The van der Waals surface area contributed by atoms with Crippen LogP contribution in [0.4, 0.5) is 0 Å². The van der Waals surface area contributed by atoms with Crippen LogP contribution in [0.3, 0.4) is 0 Å². The van der Waals surface area contributed by atoms with Crippen LogP contribution >= 0.6 is 0 Å². The summed E-state index contributed by atoms with van der Waals surface area (Å²) in [6, 6.07) is 22.6. The largest absolute Gasteiger partial charge is 0.394 e. The van der Waals surface area contributed by atoms with Gasteiger partial charge in [-0.15, -0.1) is 0 Å². The van der Waals surface area contributed by atoms with Crippen molar-refractivity contribution in [3.8, 4) is 0 Å². The van der Waals surface area contributed by atoms with Gasteiger partial charge in [0.05, 0.1) is 0 Å². The molecule has 0 spiro atoms. The van der Waals surface area contributed by atoms with Crippen molar-refractivity contribution in [3.63, 3.8) is 0 Å². The van der Waals surface area contributed by atoms with E-state index in [1.54, 1.807) is 0 Å². The second-order valence-corrected chi connectivity index (χ2v) is 7.13. The van der Waals surface area contributed by atoms with E-state index in [0.717, 1.165) is 6.54 Å². The van der Waals surface area contributed by atoms with E-state index in [0.29, 0.717) is 6.04 Å². The predicted octanol–water partition coefficient (Wildman–Crippen LogP) is 3.04. The molecule has 0 aliphatic carbocycles. The Morgan fingerprint density at radius 2 is 1.33 bits per heavy atom. The Kier molecular flexibility index (Phi) is 5.77. The van der Waals surface area contributed by atoms with Gasteiger partial charge in [-0.05, 0) is 31.5 Å². The molecule has 6 heteroatoms. The molecule has 1 unspecified atom stereocenters. The molecule has 0 aromatic heterocycles. The molecule has 3 rings (SSSR count). The summed E-state index contributed by atoms with van der Waals surface area (Å²) in [6.45, 7) is 3.43. The zero-order valence-corrected chi connectivity index (χ0v) is 14.6. The van der Waals surface area contributed by atoms with Crippen LogP contribution in [0, 0.1) is 0 Å². The highest BCUT2D eigenvalue weighted by Crippen LogP contribution is 2.42. The van der Waals surface area contributed by atoms with Crippen molar-refractivity contribution in [1.29, 1.82) is 0 Å². The summed E-state index contributed by atoms with van der Waals surface area (Å²) in [7, 11) is -2.43. The van der Waals surface area contributed by atoms with Crippen LogP contribution in [0.5, 0.6) is 0 Å². The highest BCUT2D eigenvalue weighted by Gasteiger charge is 2.43. The Labute approximate surface area is 143 Å². The predicted molar refractivity (Wildman–Crippen MR) is 94.6 cm³/mol. The maximum Gasteiger partial charge on any atom is 0.394 e. The molecule has 24 heavy (non-hydrogen) atoms. The number of hydrogen-bond donors (Lipinski definition) is 2. The smallest absolute Gasteiger partial charge is 0.302 e.